The molecule has 1 atom stereocenters. The Bertz CT molecular complexity index is 708. The molecule has 25 heavy (non-hydrogen) atoms. The van der Waals surface area contributed by atoms with Gasteiger partial charge in [0.25, 0.3) is 0 Å². The van der Waals surface area contributed by atoms with Crippen LogP contribution in [0.3, 0.4) is 0 Å². The Kier molecular flexibility index (Phi) is 4.69. The molecule has 3 aliphatic rings. The van der Waals surface area contributed by atoms with E-state index in [-0.39, 0.29) is 29.2 Å². The average Bonchev–Trinajstić information content (AvgIpc) is 3.06. The summed E-state index contributed by atoms with van der Waals surface area (Å²) in [5.41, 5.74) is 1.85. The summed E-state index contributed by atoms with van der Waals surface area (Å²) >= 11 is 1.58. The Hall–Kier alpha value is -1.60. The summed E-state index contributed by atoms with van der Waals surface area (Å²) in [5, 5.41) is 5.93. The molecule has 4 rings (SSSR count). The predicted octanol–water partition coefficient (Wildman–Crippen LogP) is 2.11. The van der Waals surface area contributed by atoms with E-state index in [1.54, 1.807) is 22.7 Å². The summed E-state index contributed by atoms with van der Waals surface area (Å²) < 4.78 is 14.7. The van der Waals surface area contributed by atoms with Gasteiger partial charge in [-0.15, -0.1) is 11.8 Å². The number of hydrogen-bond acceptors (Lipinski definition) is 4. The van der Waals surface area contributed by atoms with E-state index in [9.17, 15) is 14.0 Å². The summed E-state index contributed by atoms with van der Waals surface area (Å²) in [5.74, 6) is 0.641. The molecule has 0 aromatic heterocycles. The van der Waals surface area contributed by atoms with Gasteiger partial charge in [0.2, 0.25) is 11.8 Å². The second kappa shape index (κ2) is 6.96. The fourth-order valence-electron chi connectivity index (χ4n) is 3.61. The Morgan fingerprint density at radius 2 is 2.16 bits per heavy atom. The monoisotopic (exact) mass is 363 g/mol. The van der Waals surface area contributed by atoms with Gasteiger partial charge in [-0.05, 0) is 43.0 Å². The van der Waals surface area contributed by atoms with Crippen molar-refractivity contribution in [2.24, 2.45) is 5.92 Å². The number of thioether (sulfide) groups is 1. The molecule has 0 radical (unpaired) electrons. The van der Waals surface area contributed by atoms with Crippen molar-refractivity contribution in [3.8, 4) is 0 Å². The van der Waals surface area contributed by atoms with E-state index < -0.39 is 6.04 Å². The molecule has 2 amide bonds. The van der Waals surface area contributed by atoms with Gasteiger partial charge in [0.15, 0.2) is 0 Å². The summed E-state index contributed by atoms with van der Waals surface area (Å²) in [6.45, 7) is 1.40. The zero-order valence-electron chi connectivity index (χ0n) is 14.0. The maximum atomic E-state index is 14.7. The van der Waals surface area contributed by atoms with Gasteiger partial charge < -0.3 is 15.5 Å². The molecule has 2 heterocycles. The Balaban J connectivity index is 1.49. The maximum absolute atomic E-state index is 14.7. The quantitative estimate of drug-likeness (QED) is 0.864. The molecule has 1 saturated carbocycles. The molecule has 7 heteroatoms. The molecule has 2 N–H and O–H groups in total. The Morgan fingerprint density at radius 1 is 1.32 bits per heavy atom. The third-order valence-electron chi connectivity index (χ3n) is 5.39. The van der Waals surface area contributed by atoms with Crippen molar-refractivity contribution in [2.45, 2.75) is 38.3 Å². The van der Waals surface area contributed by atoms with E-state index in [0.29, 0.717) is 30.2 Å². The fraction of sp³-hybridized carbons (Fsp3) is 0.556. The summed E-state index contributed by atoms with van der Waals surface area (Å²) in [7, 11) is 0. The topological polar surface area (TPSA) is 61.4 Å². The lowest BCUT2D eigenvalue weighted by molar-refractivity contribution is -0.141. The number of nitrogens with one attached hydrogen (secondary N) is 2. The number of fused-ring (bicyclic) bond motifs is 1. The first kappa shape index (κ1) is 16.8. The highest BCUT2D eigenvalue weighted by Crippen LogP contribution is 2.33. The van der Waals surface area contributed by atoms with Crippen LogP contribution in [0.15, 0.2) is 12.1 Å². The minimum absolute atomic E-state index is 0.0713. The van der Waals surface area contributed by atoms with E-state index in [4.69, 9.17) is 0 Å². The number of carbonyl (C=O) groups is 2. The second-order valence-corrected chi connectivity index (χ2v) is 7.93. The minimum Gasteiger partial charge on any atom is -0.322 e. The zero-order chi connectivity index (χ0) is 17.4. The number of carbonyl (C=O) groups excluding carboxylic acids is 2. The number of benzene rings is 1. The largest absolute Gasteiger partial charge is 0.322 e. The predicted molar refractivity (Wildman–Crippen MR) is 95.7 cm³/mol. The second-order valence-electron chi connectivity index (χ2n) is 6.93. The minimum atomic E-state index is -0.504. The van der Waals surface area contributed by atoms with Gasteiger partial charge in [-0.2, -0.15) is 0 Å². The molecule has 1 aromatic rings. The number of amides is 2. The number of rotatable bonds is 3. The highest BCUT2D eigenvalue weighted by atomic mass is 32.2. The molecular formula is C18H22FN3O2S. The van der Waals surface area contributed by atoms with Crippen molar-refractivity contribution >= 4 is 29.3 Å². The molecule has 0 spiro atoms. The number of halogens is 1. The molecule has 2 aliphatic heterocycles. The Morgan fingerprint density at radius 3 is 2.92 bits per heavy atom. The van der Waals surface area contributed by atoms with E-state index in [0.717, 1.165) is 31.4 Å². The molecule has 5 nitrogen and oxygen atoms in total. The van der Waals surface area contributed by atoms with Gasteiger partial charge in [0.05, 0.1) is 11.6 Å². The fourth-order valence-corrected chi connectivity index (χ4v) is 4.78. The highest BCUT2D eigenvalue weighted by Gasteiger charge is 2.39. The van der Waals surface area contributed by atoms with Gasteiger partial charge in [-0.1, -0.05) is 12.5 Å². The molecular weight excluding hydrogens is 341 g/mol. The van der Waals surface area contributed by atoms with Gasteiger partial charge in [0, 0.05) is 18.2 Å². The maximum Gasteiger partial charge on any atom is 0.248 e. The van der Waals surface area contributed by atoms with Crippen LogP contribution in [-0.2, 0) is 22.6 Å². The van der Waals surface area contributed by atoms with Gasteiger partial charge in [-0.25, -0.2) is 4.39 Å². The molecule has 0 bridgehead atoms. The normalized spacial score (nSPS) is 23.1. The van der Waals surface area contributed by atoms with Crippen molar-refractivity contribution in [1.29, 1.82) is 0 Å². The summed E-state index contributed by atoms with van der Waals surface area (Å²) in [6.07, 6.45) is 3.55. The molecule has 134 valence electrons. The van der Waals surface area contributed by atoms with Crippen LogP contribution < -0.4 is 10.6 Å². The van der Waals surface area contributed by atoms with Crippen LogP contribution in [-0.4, -0.2) is 40.9 Å². The first-order valence-electron chi connectivity index (χ1n) is 8.85. The number of nitrogens with zero attached hydrogens (tertiary/aromatic N) is 1. The SMILES string of the molecule is O=C(Nc1ccc2c(c1F)CCNC2)C1CSCN1C(=O)C1CCC1. The lowest BCUT2D eigenvalue weighted by Gasteiger charge is -2.31. The van der Waals surface area contributed by atoms with Crippen LogP contribution in [0.1, 0.15) is 30.4 Å². The Labute approximate surface area is 150 Å². The van der Waals surface area contributed by atoms with Crippen LogP contribution in [0.25, 0.3) is 0 Å². The number of anilines is 1. The molecule has 1 aliphatic carbocycles. The van der Waals surface area contributed by atoms with Crippen LogP contribution >= 0.6 is 11.8 Å². The first-order valence-corrected chi connectivity index (χ1v) is 10.0. The van der Waals surface area contributed by atoms with Crippen LogP contribution in [0.5, 0.6) is 0 Å². The van der Waals surface area contributed by atoms with Gasteiger partial charge in [-0.3, -0.25) is 9.59 Å². The van der Waals surface area contributed by atoms with E-state index >= 15 is 0 Å². The molecule has 1 saturated heterocycles. The molecule has 1 aromatic carbocycles. The smallest absolute Gasteiger partial charge is 0.248 e. The van der Waals surface area contributed by atoms with Gasteiger partial charge >= 0.3 is 0 Å². The third-order valence-corrected chi connectivity index (χ3v) is 6.40. The van der Waals surface area contributed by atoms with Crippen LogP contribution in [0, 0.1) is 11.7 Å². The van der Waals surface area contributed by atoms with E-state index in [2.05, 4.69) is 10.6 Å². The van der Waals surface area contributed by atoms with Crippen molar-refractivity contribution in [1.82, 2.24) is 10.2 Å². The van der Waals surface area contributed by atoms with Crippen molar-refractivity contribution in [3.05, 3.63) is 29.1 Å². The average molecular weight is 363 g/mol. The van der Waals surface area contributed by atoms with Crippen molar-refractivity contribution in [2.75, 3.05) is 23.5 Å². The van der Waals surface area contributed by atoms with Crippen LogP contribution in [0.2, 0.25) is 0 Å². The summed E-state index contributed by atoms with van der Waals surface area (Å²) in [6, 6.07) is 2.98. The highest BCUT2D eigenvalue weighted by molar-refractivity contribution is 7.99. The standard InChI is InChI=1S/C18H22FN3O2S/c19-16-13-6-7-20-8-12(13)4-5-14(16)21-17(23)15-9-25-10-22(15)18(24)11-2-1-3-11/h4-5,11,15,20H,1-3,6-10H2,(H,21,23). The third kappa shape index (κ3) is 3.15. The van der Waals surface area contributed by atoms with Crippen LogP contribution in [0.4, 0.5) is 10.1 Å². The number of hydrogen-bond donors (Lipinski definition) is 2. The van der Waals surface area contributed by atoms with Crippen molar-refractivity contribution in [3.63, 3.8) is 0 Å². The van der Waals surface area contributed by atoms with E-state index in [1.807, 2.05) is 6.07 Å². The summed E-state index contributed by atoms with van der Waals surface area (Å²) in [4.78, 5) is 26.9. The first-order chi connectivity index (χ1) is 12.1. The molecule has 1 unspecified atom stereocenters. The zero-order valence-corrected chi connectivity index (χ0v) is 14.8. The lowest BCUT2D eigenvalue weighted by atomic mass is 9.84. The lowest BCUT2D eigenvalue weighted by Crippen LogP contribution is -2.48. The van der Waals surface area contributed by atoms with E-state index in [1.165, 1.54) is 0 Å². The van der Waals surface area contributed by atoms with Gasteiger partial charge in [0.1, 0.15) is 11.9 Å². The van der Waals surface area contributed by atoms with Crippen molar-refractivity contribution < 1.29 is 14.0 Å². The molecule has 2 fully saturated rings.